The summed E-state index contributed by atoms with van der Waals surface area (Å²) in [6.07, 6.45) is 0.728. The number of oxazole rings is 1. The van der Waals surface area contributed by atoms with E-state index in [1.165, 1.54) is 0 Å². The van der Waals surface area contributed by atoms with Crippen LogP contribution in [0.25, 0.3) is 11.1 Å². The van der Waals surface area contributed by atoms with Gasteiger partial charge in [0.15, 0.2) is 5.58 Å². The van der Waals surface area contributed by atoms with Gasteiger partial charge in [-0.2, -0.15) is 0 Å². The van der Waals surface area contributed by atoms with Gasteiger partial charge in [-0.05, 0) is 32.0 Å². The van der Waals surface area contributed by atoms with Crippen LogP contribution in [0.3, 0.4) is 0 Å². The third-order valence-corrected chi connectivity index (χ3v) is 2.29. The van der Waals surface area contributed by atoms with Crippen LogP contribution in [-0.4, -0.2) is 10.9 Å². The Hall–Kier alpha value is -1.84. The molecule has 2 aromatic rings. The predicted molar refractivity (Wildman–Crippen MR) is 56.2 cm³/mol. The van der Waals surface area contributed by atoms with Gasteiger partial charge in [0.25, 0.3) is 0 Å². The summed E-state index contributed by atoms with van der Waals surface area (Å²) in [5.74, 6) is -0.386. The Morgan fingerprint density at radius 1 is 1.40 bits per heavy atom. The fourth-order valence-corrected chi connectivity index (χ4v) is 1.62. The molecule has 0 unspecified atom stereocenters. The van der Waals surface area contributed by atoms with E-state index in [1.54, 1.807) is 22.8 Å². The molecule has 1 heterocycles. The highest BCUT2D eigenvalue weighted by atomic mass is 16.4. The van der Waals surface area contributed by atoms with Crippen LogP contribution >= 0.6 is 0 Å². The zero-order chi connectivity index (χ0) is 11.0. The minimum absolute atomic E-state index is 0.0424. The maximum absolute atomic E-state index is 11.5. The van der Waals surface area contributed by atoms with Crippen molar-refractivity contribution >= 4 is 17.4 Å². The minimum Gasteiger partial charge on any atom is -0.408 e. The summed E-state index contributed by atoms with van der Waals surface area (Å²) in [6.45, 7) is 3.81. The summed E-state index contributed by atoms with van der Waals surface area (Å²) < 4.78 is 6.61. The van der Waals surface area contributed by atoms with Crippen LogP contribution in [-0.2, 0) is 0 Å². The normalized spacial score (nSPS) is 11.1. The number of aldehydes is 1. The van der Waals surface area contributed by atoms with Gasteiger partial charge >= 0.3 is 5.76 Å². The number of carbonyl (C=O) groups excluding carboxylic acids is 1. The molecule has 78 valence electrons. The highest BCUT2D eigenvalue weighted by molar-refractivity contribution is 5.83. The van der Waals surface area contributed by atoms with Crippen LogP contribution in [0, 0.1) is 0 Å². The van der Waals surface area contributed by atoms with Crippen molar-refractivity contribution in [1.29, 1.82) is 0 Å². The summed E-state index contributed by atoms with van der Waals surface area (Å²) in [5, 5.41) is 0. The summed E-state index contributed by atoms with van der Waals surface area (Å²) in [5.41, 5.74) is 1.69. The molecule has 0 aliphatic rings. The first-order valence-corrected chi connectivity index (χ1v) is 4.73. The molecule has 0 bridgehead atoms. The number of rotatable bonds is 2. The van der Waals surface area contributed by atoms with E-state index in [9.17, 15) is 9.59 Å². The monoisotopic (exact) mass is 205 g/mol. The number of hydrogen-bond acceptors (Lipinski definition) is 3. The van der Waals surface area contributed by atoms with Crippen molar-refractivity contribution in [1.82, 2.24) is 4.57 Å². The Kier molecular flexibility index (Phi) is 2.19. The molecule has 0 amide bonds. The molecule has 1 aromatic carbocycles. The molecular formula is C11H11NO3. The molecule has 4 nitrogen and oxygen atoms in total. The molecule has 0 N–H and O–H groups in total. The Bertz CT molecular complexity index is 563. The summed E-state index contributed by atoms with van der Waals surface area (Å²) in [4.78, 5) is 22.0. The van der Waals surface area contributed by atoms with Gasteiger partial charge in [-0.3, -0.25) is 9.36 Å². The zero-order valence-electron chi connectivity index (χ0n) is 8.56. The average Bonchev–Trinajstić information content (AvgIpc) is 2.52. The second-order valence-electron chi connectivity index (χ2n) is 3.68. The molecule has 1 aromatic heterocycles. The molecule has 0 atom stereocenters. The second-order valence-corrected chi connectivity index (χ2v) is 3.68. The van der Waals surface area contributed by atoms with E-state index in [1.807, 2.05) is 13.8 Å². The fraction of sp³-hybridized carbons (Fsp3) is 0.273. The predicted octanol–water partition coefficient (Wildman–Crippen LogP) is 1.99. The first-order chi connectivity index (χ1) is 7.13. The number of nitrogens with zero attached hydrogens (tertiary/aromatic N) is 1. The van der Waals surface area contributed by atoms with Crippen LogP contribution in [0.15, 0.2) is 27.4 Å². The highest BCUT2D eigenvalue weighted by Gasteiger charge is 2.11. The number of fused-ring (bicyclic) bond motifs is 1. The Morgan fingerprint density at radius 3 is 2.73 bits per heavy atom. The van der Waals surface area contributed by atoms with Crippen LogP contribution in [0.4, 0.5) is 0 Å². The zero-order valence-corrected chi connectivity index (χ0v) is 8.56. The van der Waals surface area contributed by atoms with E-state index in [0.717, 1.165) is 11.8 Å². The average molecular weight is 205 g/mol. The van der Waals surface area contributed by atoms with Gasteiger partial charge in [-0.25, -0.2) is 4.79 Å². The molecule has 15 heavy (non-hydrogen) atoms. The van der Waals surface area contributed by atoms with Gasteiger partial charge in [0, 0.05) is 11.6 Å². The maximum atomic E-state index is 11.5. The van der Waals surface area contributed by atoms with Crippen LogP contribution in [0.5, 0.6) is 0 Å². The number of benzene rings is 1. The standard InChI is InChI=1S/C11H11NO3/c1-7(2)12-9-4-3-8(6-13)5-10(9)15-11(12)14/h3-7H,1-2H3. The van der Waals surface area contributed by atoms with Crippen LogP contribution in [0.1, 0.15) is 30.2 Å². The number of aromatic nitrogens is 1. The summed E-state index contributed by atoms with van der Waals surface area (Å²) >= 11 is 0. The molecule has 0 fully saturated rings. The van der Waals surface area contributed by atoms with Crippen molar-refractivity contribution in [2.45, 2.75) is 19.9 Å². The quantitative estimate of drug-likeness (QED) is 0.704. The lowest BCUT2D eigenvalue weighted by molar-refractivity contribution is 0.112. The van der Waals surface area contributed by atoms with Crippen LogP contribution in [0.2, 0.25) is 0 Å². The largest absolute Gasteiger partial charge is 0.420 e. The molecule has 0 aliphatic heterocycles. The van der Waals surface area contributed by atoms with Gasteiger partial charge < -0.3 is 4.42 Å². The third kappa shape index (κ3) is 1.48. The SMILES string of the molecule is CC(C)n1c(=O)oc2cc(C=O)ccc21. The molecule has 0 spiro atoms. The molecule has 0 radical (unpaired) electrons. The third-order valence-electron chi connectivity index (χ3n) is 2.29. The van der Waals surface area contributed by atoms with E-state index in [4.69, 9.17) is 4.42 Å². The van der Waals surface area contributed by atoms with Crippen molar-refractivity contribution in [2.75, 3.05) is 0 Å². The molecular weight excluding hydrogens is 194 g/mol. The Morgan fingerprint density at radius 2 is 2.13 bits per heavy atom. The topological polar surface area (TPSA) is 52.2 Å². The van der Waals surface area contributed by atoms with Gasteiger partial charge in [-0.1, -0.05) is 0 Å². The lowest BCUT2D eigenvalue weighted by Gasteiger charge is -2.04. The van der Waals surface area contributed by atoms with Gasteiger partial charge in [0.1, 0.15) is 6.29 Å². The number of carbonyl (C=O) groups is 1. The van der Waals surface area contributed by atoms with E-state index in [2.05, 4.69) is 0 Å². The highest BCUT2D eigenvalue weighted by Crippen LogP contribution is 2.17. The second kappa shape index (κ2) is 3.38. The van der Waals surface area contributed by atoms with Crippen molar-refractivity contribution in [3.05, 3.63) is 34.3 Å². The number of hydrogen-bond donors (Lipinski definition) is 0. The first-order valence-electron chi connectivity index (χ1n) is 4.73. The fourth-order valence-electron chi connectivity index (χ4n) is 1.62. The van der Waals surface area contributed by atoms with Crippen molar-refractivity contribution in [2.24, 2.45) is 0 Å². The molecule has 2 rings (SSSR count). The maximum Gasteiger partial charge on any atom is 0.420 e. The van der Waals surface area contributed by atoms with Gasteiger partial charge in [0.2, 0.25) is 0 Å². The summed E-state index contributed by atoms with van der Waals surface area (Å²) in [6, 6.07) is 5.01. The van der Waals surface area contributed by atoms with E-state index in [-0.39, 0.29) is 11.8 Å². The van der Waals surface area contributed by atoms with Crippen molar-refractivity contribution in [3.63, 3.8) is 0 Å². The van der Waals surface area contributed by atoms with E-state index < -0.39 is 0 Å². The van der Waals surface area contributed by atoms with E-state index >= 15 is 0 Å². The van der Waals surface area contributed by atoms with Gasteiger partial charge in [-0.15, -0.1) is 0 Å². The van der Waals surface area contributed by atoms with Gasteiger partial charge in [0.05, 0.1) is 5.52 Å². The molecule has 0 saturated carbocycles. The smallest absolute Gasteiger partial charge is 0.408 e. The molecule has 0 saturated heterocycles. The lowest BCUT2D eigenvalue weighted by atomic mass is 10.2. The minimum atomic E-state index is -0.386. The Labute approximate surface area is 86.1 Å². The summed E-state index contributed by atoms with van der Waals surface area (Å²) in [7, 11) is 0. The van der Waals surface area contributed by atoms with E-state index in [0.29, 0.717) is 11.1 Å². The molecule has 0 aliphatic carbocycles. The van der Waals surface area contributed by atoms with Crippen LogP contribution < -0.4 is 5.76 Å². The Balaban J connectivity index is 2.79. The lowest BCUT2D eigenvalue weighted by Crippen LogP contribution is -2.15. The van der Waals surface area contributed by atoms with Crippen molar-refractivity contribution < 1.29 is 9.21 Å². The van der Waals surface area contributed by atoms with Crippen molar-refractivity contribution in [3.8, 4) is 0 Å². The first kappa shape index (κ1) is 9.71. The molecule has 4 heteroatoms.